The van der Waals surface area contributed by atoms with E-state index in [0.717, 1.165) is 25.6 Å². The van der Waals surface area contributed by atoms with Crippen LogP contribution >= 0.6 is 24.8 Å². The normalized spacial score (nSPS) is 24.4. The van der Waals surface area contributed by atoms with Gasteiger partial charge in [-0.2, -0.15) is 0 Å². The molecule has 1 amide bonds. The van der Waals surface area contributed by atoms with Crippen LogP contribution in [0.1, 0.15) is 19.8 Å². The number of hydrogen-bond donors (Lipinski definition) is 2. The summed E-state index contributed by atoms with van der Waals surface area (Å²) in [4.78, 5) is 14.3. The lowest BCUT2D eigenvalue weighted by atomic mass is 9.99. The first kappa shape index (κ1) is 19.9. The molecule has 1 atom stereocenters. The highest BCUT2D eigenvalue weighted by Gasteiger charge is 2.21. The number of likely N-dealkylation sites (tertiary alicyclic amines) is 1. The van der Waals surface area contributed by atoms with Crippen LogP contribution in [0.25, 0.3) is 0 Å². The maximum absolute atomic E-state index is 11.8. The molecule has 2 saturated heterocycles. The summed E-state index contributed by atoms with van der Waals surface area (Å²) in [7, 11) is 0. The molecule has 0 aromatic heterocycles. The first-order chi connectivity index (χ1) is 8.75. The number of hydrogen-bond acceptors (Lipinski definition) is 4. The molecule has 2 rings (SSSR count). The summed E-state index contributed by atoms with van der Waals surface area (Å²) >= 11 is 0. The van der Waals surface area contributed by atoms with Crippen molar-refractivity contribution in [3.63, 3.8) is 0 Å². The summed E-state index contributed by atoms with van der Waals surface area (Å²) in [5.41, 5.74) is 0. The predicted molar refractivity (Wildman–Crippen MR) is 85.0 cm³/mol. The van der Waals surface area contributed by atoms with E-state index in [-0.39, 0.29) is 36.8 Å². The van der Waals surface area contributed by atoms with Gasteiger partial charge in [0.1, 0.15) is 6.04 Å². The lowest BCUT2D eigenvalue weighted by Gasteiger charge is -2.30. The molecule has 20 heavy (non-hydrogen) atoms. The summed E-state index contributed by atoms with van der Waals surface area (Å²) in [6.45, 7) is 8.32. The molecule has 2 N–H and O–H groups in total. The first-order valence-electron chi connectivity index (χ1n) is 7.07. The van der Waals surface area contributed by atoms with Crippen LogP contribution in [-0.4, -0.2) is 62.8 Å². The third kappa shape index (κ3) is 6.59. The largest absolute Gasteiger partial charge is 0.378 e. The second-order valence-corrected chi connectivity index (χ2v) is 5.40. The third-order valence-electron chi connectivity index (χ3n) is 3.84. The fourth-order valence-electron chi connectivity index (χ4n) is 2.48. The zero-order valence-electron chi connectivity index (χ0n) is 12.1. The van der Waals surface area contributed by atoms with Gasteiger partial charge in [-0.05, 0) is 31.8 Å². The SMILES string of the molecule is CC1CCN(CCNC(=O)C2COCCN2)CC1.Cl.Cl. The summed E-state index contributed by atoms with van der Waals surface area (Å²) in [5.74, 6) is 0.930. The van der Waals surface area contributed by atoms with E-state index < -0.39 is 0 Å². The standard InChI is InChI=1S/C13H25N3O2.2ClH/c1-11-2-6-16(7-3-11)8-4-15-13(17)12-10-18-9-5-14-12;;/h11-12,14H,2-10H2,1H3,(H,15,17);2*1H. The summed E-state index contributed by atoms with van der Waals surface area (Å²) in [6, 6.07) is -0.167. The van der Waals surface area contributed by atoms with E-state index >= 15 is 0 Å². The van der Waals surface area contributed by atoms with Gasteiger partial charge in [0.05, 0.1) is 13.2 Å². The Labute approximate surface area is 134 Å². The van der Waals surface area contributed by atoms with Gasteiger partial charge < -0.3 is 20.3 Å². The van der Waals surface area contributed by atoms with Gasteiger partial charge >= 0.3 is 0 Å². The molecule has 2 aliphatic heterocycles. The number of nitrogens with zero attached hydrogens (tertiary/aromatic N) is 1. The minimum Gasteiger partial charge on any atom is -0.378 e. The van der Waals surface area contributed by atoms with Gasteiger partial charge in [-0.25, -0.2) is 0 Å². The molecular formula is C13H27Cl2N3O2. The molecule has 0 aromatic rings. The third-order valence-corrected chi connectivity index (χ3v) is 3.84. The van der Waals surface area contributed by atoms with E-state index in [4.69, 9.17) is 4.74 Å². The van der Waals surface area contributed by atoms with Crippen LogP contribution in [0.2, 0.25) is 0 Å². The number of piperidine rings is 1. The van der Waals surface area contributed by atoms with Crippen LogP contribution in [-0.2, 0) is 9.53 Å². The van der Waals surface area contributed by atoms with Gasteiger partial charge in [0.2, 0.25) is 5.91 Å². The highest BCUT2D eigenvalue weighted by Crippen LogP contribution is 2.14. The average Bonchev–Trinajstić information content (AvgIpc) is 2.42. The topological polar surface area (TPSA) is 53.6 Å². The number of nitrogens with one attached hydrogen (secondary N) is 2. The Balaban J connectivity index is 0.00000180. The fourth-order valence-corrected chi connectivity index (χ4v) is 2.48. The number of amides is 1. The van der Waals surface area contributed by atoms with Crippen LogP contribution in [0, 0.1) is 5.92 Å². The quantitative estimate of drug-likeness (QED) is 0.796. The summed E-state index contributed by atoms with van der Waals surface area (Å²) in [6.07, 6.45) is 2.57. The van der Waals surface area contributed by atoms with Crippen molar-refractivity contribution in [3.05, 3.63) is 0 Å². The highest BCUT2D eigenvalue weighted by atomic mass is 35.5. The summed E-state index contributed by atoms with van der Waals surface area (Å²) in [5, 5.41) is 6.15. The number of morpholine rings is 1. The molecule has 0 saturated carbocycles. The van der Waals surface area contributed by atoms with Crippen molar-refractivity contribution in [1.82, 2.24) is 15.5 Å². The van der Waals surface area contributed by atoms with E-state index in [2.05, 4.69) is 22.5 Å². The molecule has 2 fully saturated rings. The van der Waals surface area contributed by atoms with E-state index in [9.17, 15) is 4.79 Å². The van der Waals surface area contributed by atoms with Crippen molar-refractivity contribution in [1.29, 1.82) is 0 Å². The zero-order chi connectivity index (χ0) is 12.8. The van der Waals surface area contributed by atoms with Gasteiger partial charge in [0, 0.05) is 19.6 Å². The lowest BCUT2D eigenvalue weighted by molar-refractivity contribution is -0.125. The summed E-state index contributed by atoms with van der Waals surface area (Å²) < 4.78 is 5.28. The monoisotopic (exact) mass is 327 g/mol. The maximum atomic E-state index is 11.8. The Kier molecular flexibility index (Phi) is 10.6. The molecule has 2 heterocycles. The van der Waals surface area contributed by atoms with Crippen LogP contribution in [0.15, 0.2) is 0 Å². The number of rotatable bonds is 4. The van der Waals surface area contributed by atoms with E-state index in [1.165, 1.54) is 25.9 Å². The average molecular weight is 328 g/mol. The maximum Gasteiger partial charge on any atom is 0.239 e. The van der Waals surface area contributed by atoms with Crippen LogP contribution in [0.5, 0.6) is 0 Å². The van der Waals surface area contributed by atoms with Crippen molar-refractivity contribution >= 4 is 30.7 Å². The molecule has 0 aliphatic carbocycles. The molecule has 1 unspecified atom stereocenters. The second kappa shape index (κ2) is 10.6. The highest BCUT2D eigenvalue weighted by molar-refractivity contribution is 5.85. The predicted octanol–water partition coefficient (Wildman–Crippen LogP) is 0.666. The molecule has 5 nitrogen and oxygen atoms in total. The lowest BCUT2D eigenvalue weighted by Crippen LogP contribution is -2.52. The molecule has 0 bridgehead atoms. The number of carbonyl (C=O) groups is 1. The Morgan fingerprint density at radius 1 is 1.35 bits per heavy atom. The van der Waals surface area contributed by atoms with E-state index in [1.54, 1.807) is 0 Å². The minimum atomic E-state index is -0.167. The van der Waals surface area contributed by atoms with Crippen LogP contribution in [0.3, 0.4) is 0 Å². The number of halogens is 2. The van der Waals surface area contributed by atoms with Crippen molar-refractivity contribution in [3.8, 4) is 0 Å². The van der Waals surface area contributed by atoms with Crippen LogP contribution in [0.4, 0.5) is 0 Å². The van der Waals surface area contributed by atoms with Gasteiger partial charge in [-0.1, -0.05) is 6.92 Å². The van der Waals surface area contributed by atoms with Crippen molar-refractivity contribution in [2.75, 3.05) is 45.9 Å². The molecule has 0 spiro atoms. The molecular weight excluding hydrogens is 301 g/mol. The molecule has 0 radical (unpaired) electrons. The smallest absolute Gasteiger partial charge is 0.239 e. The van der Waals surface area contributed by atoms with Crippen LogP contribution < -0.4 is 10.6 Å². The Bertz CT molecular complexity index is 268. The molecule has 0 aromatic carbocycles. The van der Waals surface area contributed by atoms with Gasteiger partial charge in [-0.3, -0.25) is 4.79 Å². The van der Waals surface area contributed by atoms with E-state index in [0.29, 0.717) is 13.2 Å². The van der Waals surface area contributed by atoms with Crippen molar-refractivity contribution < 1.29 is 9.53 Å². The molecule has 2 aliphatic rings. The van der Waals surface area contributed by atoms with Gasteiger partial charge in [0.25, 0.3) is 0 Å². The Morgan fingerprint density at radius 2 is 2.05 bits per heavy atom. The van der Waals surface area contributed by atoms with E-state index in [1.807, 2.05) is 0 Å². The first-order valence-corrected chi connectivity index (χ1v) is 7.07. The Morgan fingerprint density at radius 3 is 2.65 bits per heavy atom. The van der Waals surface area contributed by atoms with Gasteiger partial charge in [-0.15, -0.1) is 24.8 Å². The minimum absolute atomic E-state index is 0. The molecule has 120 valence electrons. The number of carbonyl (C=O) groups excluding carboxylic acids is 1. The van der Waals surface area contributed by atoms with Gasteiger partial charge in [0.15, 0.2) is 0 Å². The second-order valence-electron chi connectivity index (χ2n) is 5.40. The van der Waals surface area contributed by atoms with Crippen molar-refractivity contribution in [2.24, 2.45) is 5.92 Å². The fraction of sp³-hybridized carbons (Fsp3) is 0.923. The Hall–Kier alpha value is -0.0700. The van der Waals surface area contributed by atoms with Crippen molar-refractivity contribution in [2.45, 2.75) is 25.8 Å². The zero-order valence-corrected chi connectivity index (χ0v) is 13.7. The molecule has 7 heteroatoms. The number of ether oxygens (including phenoxy) is 1.